The molecule has 38 heavy (non-hydrogen) atoms. The number of nitrogens with one attached hydrogen (secondary N) is 2. The van der Waals surface area contributed by atoms with Gasteiger partial charge in [0.2, 0.25) is 11.8 Å². The molecule has 5 rings (SSSR count). The van der Waals surface area contributed by atoms with E-state index >= 15 is 0 Å². The highest BCUT2D eigenvalue weighted by atomic mass is 35.5. The van der Waals surface area contributed by atoms with Crippen molar-refractivity contribution >= 4 is 46.1 Å². The van der Waals surface area contributed by atoms with Gasteiger partial charge in [0.05, 0.1) is 23.8 Å². The lowest BCUT2D eigenvalue weighted by molar-refractivity contribution is -0.139. The summed E-state index contributed by atoms with van der Waals surface area (Å²) in [5.41, 5.74) is 1.73. The minimum absolute atomic E-state index is 0.00289. The summed E-state index contributed by atoms with van der Waals surface area (Å²) >= 11 is 6.32. The summed E-state index contributed by atoms with van der Waals surface area (Å²) in [6.07, 6.45) is 8.71. The Morgan fingerprint density at radius 2 is 1.92 bits per heavy atom. The Bertz CT molecular complexity index is 1190. The molecule has 3 heterocycles. The number of likely N-dealkylation sites (N-methyl/N-ethyl adjacent to an activating group) is 1. The molecule has 2 aromatic rings. The van der Waals surface area contributed by atoms with Crippen LogP contribution in [0, 0.1) is 5.92 Å². The molecule has 2 N–H and O–H groups in total. The van der Waals surface area contributed by atoms with Gasteiger partial charge in [0.15, 0.2) is 0 Å². The SMILES string of the molecule is CN[C@@H](C)C(=O)N[C@H](C(=O)N1CCC[C@H]1Cn1cc(N2CCOC2=O)c2cc(Cl)ccc21)C1CCCCC1. The van der Waals surface area contributed by atoms with Crippen LogP contribution in [0.15, 0.2) is 24.4 Å². The van der Waals surface area contributed by atoms with Gasteiger partial charge in [-0.05, 0) is 63.8 Å². The molecular formula is C28H38ClN5O4. The summed E-state index contributed by atoms with van der Waals surface area (Å²) in [5, 5.41) is 7.58. The molecule has 1 aromatic carbocycles. The van der Waals surface area contributed by atoms with Crippen LogP contribution in [0.2, 0.25) is 5.02 Å². The Balaban J connectivity index is 1.40. The van der Waals surface area contributed by atoms with Crippen LogP contribution in [0.4, 0.5) is 10.5 Å². The van der Waals surface area contributed by atoms with Gasteiger partial charge in [-0.3, -0.25) is 14.5 Å². The van der Waals surface area contributed by atoms with E-state index in [9.17, 15) is 14.4 Å². The highest BCUT2D eigenvalue weighted by Crippen LogP contribution is 2.35. The fourth-order valence-corrected chi connectivity index (χ4v) is 6.38. The Labute approximate surface area is 228 Å². The maximum Gasteiger partial charge on any atom is 0.414 e. The van der Waals surface area contributed by atoms with Crippen molar-refractivity contribution in [3.05, 3.63) is 29.4 Å². The molecule has 0 bridgehead atoms. The third-order valence-electron chi connectivity index (χ3n) is 8.45. The van der Waals surface area contributed by atoms with Gasteiger partial charge in [-0.1, -0.05) is 30.9 Å². The first-order chi connectivity index (χ1) is 18.4. The van der Waals surface area contributed by atoms with E-state index in [0.29, 0.717) is 31.3 Å². The van der Waals surface area contributed by atoms with Crippen LogP contribution in [0.1, 0.15) is 51.9 Å². The molecule has 3 aliphatic rings. The quantitative estimate of drug-likeness (QED) is 0.526. The van der Waals surface area contributed by atoms with Gasteiger partial charge < -0.3 is 24.8 Å². The molecule has 0 radical (unpaired) electrons. The number of nitrogens with zero attached hydrogens (tertiary/aromatic N) is 3. The molecule has 2 aliphatic heterocycles. The zero-order chi connectivity index (χ0) is 26.8. The number of ether oxygens (including phenoxy) is 1. The van der Waals surface area contributed by atoms with E-state index in [4.69, 9.17) is 16.3 Å². The normalized spacial score (nSPS) is 22.1. The van der Waals surface area contributed by atoms with Crippen molar-refractivity contribution in [3.8, 4) is 0 Å². The average Bonchev–Trinajstić information content (AvgIpc) is 3.65. The molecule has 9 nitrogen and oxygen atoms in total. The monoisotopic (exact) mass is 543 g/mol. The highest BCUT2D eigenvalue weighted by molar-refractivity contribution is 6.31. The van der Waals surface area contributed by atoms with Gasteiger partial charge in [-0.15, -0.1) is 0 Å². The molecule has 1 aliphatic carbocycles. The van der Waals surface area contributed by atoms with Gasteiger partial charge in [-0.25, -0.2) is 4.79 Å². The van der Waals surface area contributed by atoms with E-state index in [1.807, 2.05) is 36.2 Å². The minimum Gasteiger partial charge on any atom is -0.447 e. The maximum absolute atomic E-state index is 14.1. The Morgan fingerprint density at radius 3 is 2.63 bits per heavy atom. The zero-order valence-corrected chi connectivity index (χ0v) is 23.0. The predicted octanol–water partition coefficient (Wildman–Crippen LogP) is 3.92. The van der Waals surface area contributed by atoms with E-state index in [1.165, 1.54) is 6.42 Å². The van der Waals surface area contributed by atoms with Gasteiger partial charge in [-0.2, -0.15) is 0 Å². The van der Waals surface area contributed by atoms with Crippen LogP contribution in [0.5, 0.6) is 0 Å². The number of amides is 3. The summed E-state index contributed by atoms with van der Waals surface area (Å²) in [6, 6.07) is 4.82. The maximum atomic E-state index is 14.1. The van der Waals surface area contributed by atoms with Crippen molar-refractivity contribution in [2.24, 2.45) is 5.92 Å². The second-order valence-corrected chi connectivity index (χ2v) is 11.3. The highest BCUT2D eigenvalue weighted by Gasteiger charge is 2.39. The molecule has 3 fully saturated rings. The molecule has 10 heteroatoms. The number of hydrogen-bond donors (Lipinski definition) is 2. The average molecular weight is 544 g/mol. The van der Waals surface area contributed by atoms with E-state index in [0.717, 1.165) is 55.1 Å². The lowest BCUT2D eigenvalue weighted by Crippen LogP contribution is -2.56. The molecule has 206 valence electrons. The van der Waals surface area contributed by atoms with Crippen LogP contribution in [0.3, 0.4) is 0 Å². The van der Waals surface area contributed by atoms with E-state index in [-0.39, 0.29) is 35.9 Å². The Kier molecular flexibility index (Phi) is 8.14. The molecule has 2 saturated heterocycles. The number of halogens is 1. The van der Waals surface area contributed by atoms with Crippen molar-refractivity contribution in [1.29, 1.82) is 0 Å². The second kappa shape index (κ2) is 11.5. The lowest BCUT2D eigenvalue weighted by Gasteiger charge is -2.35. The third-order valence-corrected chi connectivity index (χ3v) is 8.69. The van der Waals surface area contributed by atoms with Crippen LogP contribution in [-0.4, -0.2) is 72.2 Å². The molecule has 1 aromatic heterocycles. The molecule has 3 amide bonds. The molecule has 0 unspecified atom stereocenters. The van der Waals surface area contributed by atoms with Crippen molar-refractivity contribution in [3.63, 3.8) is 0 Å². The first-order valence-corrected chi connectivity index (χ1v) is 14.3. The van der Waals surface area contributed by atoms with Gasteiger partial charge >= 0.3 is 6.09 Å². The van der Waals surface area contributed by atoms with Gasteiger partial charge in [0.1, 0.15) is 12.6 Å². The van der Waals surface area contributed by atoms with Crippen LogP contribution in [0.25, 0.3) is 10.9 Å². The Hall–Kier alpha value is -2.78. The first kappa shape index (κ1) is 26.8. The molecule has 3 atom stereocenters. The van der Waals surface area contributed by atoms with E-state index < -0.39 is 6.04 Å². The summed E-state index contributed by atoms with van der Waals surface area (Å²) in [5.74, 6) is 0.0503. The minimum atomic E-state index is -0.505. The number of fused-ring (bicyclic) bond motifs is 1. The van der Waals surface area contributed by atoms with Crippen molar-refractivity contribution in [2.75, 3.05) is 31.6 Å². The molecule has 0 spiro atoms. The summed E-state index contributed by atoms with van der Waals surface area (Å²) in [4.78, 5) is 42.9. The summed E-state index contributed by atoms with van der Waals surface area (Å²) < 4.78 is 7.31. The second-order valence-electron chi connectivity index (χ2n) is 10.8. The van der Waals surface area contributed by atoms with Crippen LogP contribution < -0.4 is 15.5 Å². The van der Waals surface area contributed by atoms with E-state index in [2.05, 4.69) is 15.2 Å². The van der Waals surface area contributed by atoms with Crippen molar-refractivity contribution in [2.45, 2.75) is 76.5 Å². The topological polar surface area (TPSA) is 95.9 Å². The van der Waals surface area contributed by atoms with Gasteiger partial charge in [0, 0.05) is 35.7 Å². The number of carbonyl (C=O) groups is 3. The summed E-state index contributed by atoms with van der Waals surface area (Å²) in [6.45, 7) is 3.95. The fourth-order valence-electron chi connectivity index (χ4n) is 6.21. The number of benzene rings is 1. The summed E-state index contributed by atoms with van der Waals surface area (Å²) in [7, 11) is 1.75. The van der Waals surface area contributed by atoms with Crippen LogP contribution in [-0.2, 0) is 20.9 Å². The number of rotatable bonds is 8. The Morgan fingerprint density at radius 1 is 1.13 bits per heavy atom. The predicted molar refractivity (Wildman–Crippen MR) is 147 cm³/mol. The number of hydrogen-bond acceptors (Lipinski definition) is 5. The fraction of sp³-hybridized carbons (Fsp3) is 0.607. The number of cyclic esters (lactones) is 1. The number of likely N-dealkylation sites (tertiary alicyclic amines) is 1. The standard InChI is InChI=1S/C28H38ClN5O4/c1-18(30-2)26(35)31-25(19-7-4-3-5-8-19)27(36)33-12-6-9-21(33)16-32-17-24(34-13-14-38-28(34)37)22-15-20(29)10-11-23(22)32/h10-11,15,17-19,21,25,30H,3-9,12-14,16H2,1-2H3,(H,31,35)/t18-,21-,25-/m0/s1. The number of carbonyl (C=O) groups excluding carboxylic acids is 3. The van der Waals surface area contributed by atoms with E-state index in [1.54, 1.807) is 11.9 Å². The molecule has 1 saturated carbocycles. The lowest BCUT2D eigenvalue weighted by atomic mass is 9.83. The smallest absolute Gasteiger partial charge is 0.414 e. The third kappa shape index (κ3) is 5.36. The van der Waals surface area contributed by atoms with Gasteiger partial charge in [0.25, 0.3) is 0 Å². The first-order valence-electron chi connectivity index (χ1n) is 13.9. The largest absolute Gasteiger partial charge is 0.447 e. The van der Waals surface area contributed by atoms with Crippen molar-refractivity contribution < 1.29 is 19.1 Å². The van der Waals surface area contributed by atoms with Crippen molar-refractivity contribution in [1.82, 2.24) is 20.1 Å². The van der Waals surface area contributed by atoms with Crippen LogP contribution >= 0.6 is 11.6 Å². The molecular weight excluding hydrogens is 506 g/mol. The zero-order valence-electron chi connectivity index (χ0n) is 22.2. The number of aromatic nitrogens is 1. The number of anilines is 1.